The van der Waals surface area contributed by atoms with Crippen LogP contribution in [0.5, 0.6) is 0 Å². The van der Waals surface area contributed by atoms with Crippen molar-refractivity contribution < 1.29 is 0 Å². The molecule has 0 aliphatic heterocycles. The molecule has 1 atom stereocenters. The minimum absolute atomic E-state index is 0.352. The van der Waals surface area contributed by atoms with Crippen molar-refractivity contribution in [3.05, 3.63) is 36.7 Å². The first kappa shape index (κ1) is 10.9. The molecule has 0 saturated heterocycles. The summed E-state index contributed by atoms with van der Waals surface area (Å²) < 4.78 is 4.10. The first-order valence-electron chi connectivity index (χ1n) is 5.68. The van der Waals surface area contributed by atoms with Crippen molar-refractivity contribution in [3.63, 3.8) is 0 Å². The zero-order chi connectivity index (χ0) is 11.5. The van der Waals surface area contributed by atoms with Crippen LogP contribution < -0.4 is 0 Å². The SMILES string of the molecule is CC(C)n1cnc(CC(C)n2cccn2)c1. The van der Waals surface area contributed by atoms with E-state index < -0.39 is 0 Å². The molecule has 1 unspecified atom stereocenters. The first-order valence-corrected chi connectivity index (χ1v) is 5.68. The molecule has 0 N–H and O–H groups in total. The van der Waals surface area contributed by atoms with Gasteiger partial charge < -0.3 is 4.57 Å². The zero-order valence-electron chi connectivity index (χ0n) is 10.0. The second kappa shape index (κ2) is 4.51. The fourth-order valence-corrected chi connectivity index (χ4v) is 1.70. The van der Waals surface area contributed by atoms with E-state index in [4.69, 9.17) is 0 Å². The largest absolute Gasteiger partial charge is 0.335 e. The minimum Gasteiger partial charge on any atom is -0.335 e. The lowest BCUT2D eigenvalue weighted by atomic mass is 10.2. The fourth-order valence-electron chi connectivity index (χ4n) is 1.70. The van der Waals surface area contributed by atoms with E-state index in [1.807, 2.05) is 29.5 Å². The molecule has 2 aromatic heterocycles. The number of nitrogens with zero attached hydrogens (tertiary/aromatic N) is 4. The molecule has 2 aromatic rings. The molecule has 2 rings (SSSR count). The Kier molecular flexibility index (Phi) is 3.08. The van der Waals surface area contributed by atoms with Crippen molar-refractivity contribution >= 4 is 0 Å². The minimum atomic E-state index is 0.352. The molecule has 4 nitrogen and oxygen atoms in total. The van der Waals surface area contributed by atoms with Gasteiger partial charge in [-0.2, -0.15) is 5.10 Å². The van der Waals surface area contributed by atoms with Crippen LogP contribution in [0.4, 0.5) is 0 Å². The summed E-state index contributed by atoms with van der Waals surface area (Å²) in [6.45, 7) is 6.46. The molecule has 2 heterocycles. The van der Waals surface area contributed by atoms with E-state index in [1.54, 1.807) is 0 Å². The predicted octanol–water partition coefficient (Wildman–Crippen LogP) is 2.46. The van der Waals surface area contributed by atoms with Crippen LogP contribution in [-0.2, 0) is 6.42 Å². The van der Waals surface area contributed by atoms with Crippen molar-refractivity contribution in [1.82, 2.24) is 19.3 Å². The molecule has 0 fully saturated rings. The van der Waals surface area contributed by atoms with Gasteiger partial charge in [-0.05, 0) is 26.8 Å². The third-order valence-electron chi connectivity index (χ3n) is 2.73. The maximum Gasteiger partial charge on any atom is 0.0951 e. The summed E-state index contributed by atoms with van der Waals surface area (Å²) in [4.78, 5) is 4.41. The average Bonchev–Trinajstić information content (AvgIpc) is 2.87. The molecule has 0 radical (unpaired) electrons. The summed E-state index contributed by atoms with van der Waals surface area (Å²) >= 11 is 0. The van der Waals surface area contributed by atoms with E-state index in [1.165, 1.54) is 0 Å². The summed E-state index contributed by atoms with van der Waals surface area (Å²) in [6.07, 6.45) is 8.73. The van der Waals surface area contributed by atoms with Gasteiger partial charge in [0.1, 0.15) is 0 Å². The standard InChI is InChI=1S/C12H18N4/c1-10(2)15-8-12(13-9-15)7-11(3)16-6-4-5-14-16/h4-6,8-11H,7H2,1-3H3. The molecule has 0 saturated carbocycles. The van der Waals surface area contributed by atoms with E-state index in [2.05, 4.69) is 41.6 Å². The van der Waals surface area contributed by atoms with E-state index in [0.717, 1.165) is 12.1 Å². The van der Waals surface area contributed by atoms with Crippen molar-refractivity contribution in [2.45, 2.75) is 39.3 Å². The van der Waals surface area contributed by atoms with Gasteiger partial charge in [0, 0.05) is 31.1 Å². The van der Waals surface area contributed by atoms with Gasteiger partial charge >= 0.3 is 0 Å². The number of imidazole rings is 1. The fraction of sp³-hybridized carbons (Fsp3) is 0.500. The van der Waals surface area contributed by atoms with E-state index in [9.17, 15) is 0 Å². The van der Waals surface area contributed by atoms with Crippen LogP contribution in [0.1, 0.15) is 38.5 Å². The van der Waals surface area contributed by atoms with Gasteiger partial charge in [-0.3, -0.25) is 4.68 Å². The number of rotatable bonds is 4. The lowest BCUT2D eigenvalue weighted by Crippen LogP contribution is -2.08. The van der Waals surface area contributed by atoms with Crippen LogP contribution >= 0.6 is 0 Å². The van der Waals surface area contributed by atoms with Crippen LogP contribution in [0.25, 0.3) is 0 Å². The van der Waals surface area contributed by atoms with Crippen molar-refractivity contribution in [1.29, 1.82) is 0 Å². The monoisotopic (exact) mass is 218 g/mol. The molecule has 4 heteroatoms. The lowest BCUT2D eigenvalue weighted by molar-refractivity contribution is 0.484. The summed E-state index contributed by atoms with van der Waals surface area (Å²) in [6, 6.07) is 2.77. The highest BCUT2D eigenvalue weighted by molar-refractivity contribution is 5.00. The molecule has 16 heavy (non-hydrogen) atoms. The highest BCUT2D eigenvalue weighted by Crippen LogP contribution is 2.13. The highest BCUT2D eigenvalue weighted by atomic mass is 15.3. The van der Waals surface area contributed by atoms with Crippen molar-refractivity contribution in [2.75, 3.05) is 0 Å². The Morgan fingerprint density at radius 3 is 2.69 bits per heavy atom. The molecular weight excluding hydrogens is 200 g/mol. The second-order valence-electron chi connectivity index (χ2n) is 4.45. The van der Waals surface area contributed by atoms with E-state index >= 15 is 0 Å². The maximum absolute atomic E-state index is 4.41. The number of hydrogen-bond acceptors (Lipinski definition) is 2. The number of hydrogen-bond donors (Lipinski definition) is 0. The molecule has 0 aliphatic carbocycles. The van der Waals surface area contributed by atoms with E-state index in [0.29, 0.717) is 12.1 Å². The van der Waals surface area contributed by atoms with Crippen molar-refractivity contribution in [3.8, 4) is 0 Å². The molecule has 86 valence electrons. The van der Waals surface area contributed by atoms with Gasteiger partial charge in [-0.15, -0.1) is 0 Å². The summed E-state index contributed by atoms with van der Waals surface area (Å²) in [7, 11) is 0. The Labute approximate surface area is 95.9 Å². The van der Waals surface area contributed by atoms with Crippen LogP contribution in [-0.4, -0.2) is 19.3 Å². The normalized spacial score (nSPS) is 13.2. The summed E-state index contributed by atoms with van der Waals surface area (Å²) in [5, 5.41) is 4.24. The molecule has 0 spiro atoms. The smallest absolute Gasteiger partial charge is 0.0951 e. The molecule has 0 bridgehead atoms. The Morgan fingerprint density at radius 2 is 2.12 bits per heavy atom. The number of aromatic nitrogens is 4. The van der Waals surface area contributed by atoms with Crippen LogP contribution in [0, 0.1) is 0 Å². The molecular formula is C12H18N4. The van der Waals surface area contributed by atoms with Gasteiger partial charge in [0.2, 0.25) is 0 Å². The molecule has 0 amide bonds. The maximum atomic E-state index is 4.41. The van der Waals surface area contributed by atoms with Gasteiger partial charge in [-0.1, -0.05) is 0 Å². The zero-order valence-corrected chi connectivity index (χ0v) is 10.0. The van der Waals surface area contributed by atoms with Gasteiger partial charge in [0.15, 0.2) is 0 Å². The first-order chi connectivity index (χ1) is 7.66. The van der Waals surface area contributed by atoms with Gasteiger partial charge in [0.05, 0.1) is 18.1 Å². The Hall–Kier alpha value is -1.58. The predicted molar refractivity (Wildman–Crippen MR) is 63.3 cm³/mol. The molecule has 0 aliphatic rings. The Balaban J connectivity index is 2.03. The highest BCUT2D eigenvalue weighted by Gasteiger charge is 2.08. The van der Waals surface area contributed by atoms with Crippen LogP contribution in [0.15, 0.2) is 31.0 Å². The quantitative estimate of drug-likeness (QED) is 0.790. The van der Waals surface area contributed by atoms with Crippen LogP contribution in [0.3, 0.4) is 0 Å². The van der Waals surface area contributed by atoms with Crippen LogP contribution in [0.2, 0.25) is 0 Å². The molecule has 0 aromatic carbocycles. The van der Waals surface area contributed by atoms with Gasteiger partial charge in [-0.25, -0.2) is 4.98 Å². The Morgan fingerprint density at radius 1 is 1.31 bits per heavy atom. The van der Waals surface area contributed by atoms with Crippen molar-refractivity contribution in [2.24, 2.45) is 0 Å². The third kappa shape index (κ3) is 2.32. The summed E-state index contributed by atoms with van der Waals surface area (Å²) in [5.41, 5.74) is 1.12. The lowest BCUT2D eigenvalue weighted by Gasteiger charge is -2.10. The second-order valence-corrected chi connectivity index (χ2v) is 4.45. The Bertz CT molecular complexity index is 428. The summed E-state index contributed by atoms with van der Waals surface area (Å²) in [5.74, 6) is 0. The average molecular weight is 218 g/mol. The van der Waals surface area contributed by atoms with E-state index in [-0.39, 0.29) is 0 Å². The van der Waals surface area contributed by atoms with Gasteiger partial charge in [0.25, 0.3) is 0 Å². The third-order valence-corrected chi connectivity index (χ3v) is 2.73. The topological polar surface area (TPSA) is 35.6 Å².